The zero-order chi connectivity index (χ0) is 10.1. The summed E-state index contributed by atoms with van der Waals surface area (Å²) in [6.07, 6.45) is 0.0870. The second kappa shape index (κ2) is 3.84. The van der Waals surface area contributed by atoms with E-state index in [1.807, 2.05) is 0 Å². The molecule has 4 heteroatoms. The second-order valence-electron chi connectivity index (χ2n) is 4.42. The monoisotopic (exact) mass is 205 g/mol. The molecule has 1 heterocycles. The molecule has 1 rings (SSSR count). The highest BCUT2D eigenvalue weighted by Crippen LogP contribution is 2.25. The average molecular weight is 206 g/mol. The molecule has 1 aliphatic rings. The predicted octanol–water partition coefficient (Wildman–Crippen LogP) is 2.09. The average Bonchev–Trinajstić information content (AvgIpc) is 2.03. The van der Waals surface area contributed by atoms with E-state index in [0.717, 1.165) is 0 Å². The molecule has 0 aromatic heterocycles. The molecule has 1 fully saturated rings. The smallest absolute Gasteiger partial charge is 0.316 e. The van der Waals surface area contributed by atoms with E-state index in [2.05, 4.69) is 20.8 Å². The maximum absolute atomic E-state index is 10.9. The van der Waals surface area contributed by atoms with E-state index >= 15 is 0 Å². The second-order valence-corrected chi connectivity index (χ2v) is 4.75. The number of ether oxygens (including phenoxy) is 1. The van der Waals surface area contributed by atoms with Crippen molar-refractivity contribution in [3.05, 3.63) is 0 Å². The summed E-state index contributed by atoms with van der Waals surface area (Å²) in [5.74, 6) is 0. The molecule has 0 bridgehead atoms. The molecule has 0 radical (unpaired) electrons. The van der Waals surface area contributed by atoms with Gasteiger partial charge < -0.3 is 9.64 Å². The first-order valence-corrected chi connectivity index (χ1v) is 4.85. The summed E-state index contributed by atoms with van der Waals surface area (Å²) in [5, 5.41) is -0.377. The van der Waals surface area contributed by atoms with Crippen molar-refractivity contribution in [1.29, 1.82) is 0 Å². The van der Waals surface area contributed by atoms with Crippen LogP contribution in [-0.4, -0.2) is 36.1 Å². The normalized spacial score (nSPS) is 24.6. The number of nitrogens with zero attached hydrogens (tertiary/aromatic N) is 1. The van der Waals surface area contributed by atoms with Gasteiger partial charge in [0.1, 0.15) is 0 Å². The Morgan fingerprint density at radius 3 is 2.62 bits per heavy atom. The molecule has 1 unspecified atom stereocenters. The number of hydrogen-bond acceptors (Lipinski definition) is 2. The van der Waals surface area contributed by atoms with Crippen molar-refractivity contribution < 1.29 is 9.53 Å². The number of amides is 1. The molecule has 1 atom stereocenters. The maximum Gasteiger partial charge on any atom is 0.316 e. The van der Waals surface area contributed by atoms with Gasteiger partial charge in [-0.25, -0.2) is 0 Å². The lowest BCUT2D eigenvalue weighted by molar-refractivity contribution is -0.0654. The first kappa shape index (κ1) is 10.8. The van der Waals surface area contributed by atoms with Gasteiger partial charge in [0.05, 0.1) is 12.7 Å². The van der Waals surface area contributed by atoms with Crippen LogP contribution in [-0.2, 0) is 4.74 Å². The molecule has 3 nitrogen and oxygen atoms in total. The number of halogens is 1. The molecule has 0 aliphatic carbocycles. The molecule has 0 N–H and O–H groups in total. The van der Waals surface area contributed by atoms with Crippen LogP contribution >= 0.6 is 11.6 Å². The van der Waals surface area contributed by atoms with Crippen LogP contribution in [0.2, 0.25) is 0 Å². The minimum Gasteiger partial charge on any atom is -0.374 e. The molecule has 0 aromatic carbocycles. The highest BCUT2D eigenvalue weighted by Gasteiger charge is 2.31. The molecule has 0 aromatic rings. The summed E-state index contributed by atoms with van der Waals surface area (Å²) in [5.41, 5.74) is 0.0605. The van der Waals surface area contributed by atoms with E-state index < -0.39 is 0 Å². The first-order valence-electron chi connectivity index (χ1n) is 4.47. The predicted molar refractivity (Wildman–Crippen MR) is 52.0 cm³/mol. The third-order valence-electron chi connectivity index (χ3n) is 2.28. The number of carbonyl (C=O) groups excluding carboxylic acids is 1. The fourth-order valence-electron chi connectivity index (χ4n) is 1.33. The van der Waals surface area contributed by atoms with Crippen LogP contribution in [0.5, 0.6) is 0 Å². The van der Waals surface area contributed by atoms with Crippen molar-refractivity contribution >= 4 is 17.0 Å². The third-order valence-corrected chi connectivity index (χ3v) is 2.52. The lowest BCUT2D eigenvalue weighted by atomic mass is 9.88. The van der Waals surface area contributed by atoms with Crippen LogP contribution in [0.3, 0.4) is 0 Å². The van der Waals surface area contributed by atoms with Gasteiger partial charge in [-0.15, -0.1) is 0 Å². The van der Waals surface area contributed by atoms with E-state index in [9.17, 15) is 4.79 Å². The third kappa shape index (κ3) is 2.85. The van der Waals surface area contributed by atoms with Crippen molar-refractivity contribution in [3.63, 3.8) is 0 Å². The highest BCUT2D eigenvalue weighted by atomic mass is 35.5. The number of morpholine rings is 1. The van der Waals surface area contributed by atoms with Crippen LogP contribution in [0.15, 0.2) is 0 Å². The highest BCUT2D eigenvalue weighted by molar-refractivity contribution is 6.62. The van der Waals surface area contributed by atoms with Gasteiger partial charge in [-0.3, -0.25) is 4.79 Å². The van der Waals surface area contributed by atoms with Crippen LogP contribution in [0.1, 0.15) is 20.8 Å². The molecular weight excluding hydrogens is 190 g/mol. The Balaban J connectivity index is 2.57. The van der Waals surface area contributed by atoms with Gasteiger partial charge in [0.15, 0.2) is 0 Å². The Bertz CT molecular complexity index is 200. The Hall–Kier alpha value is -0.280. The Morgan fingerprint density at radius 1 is 1.54 bits per heavy atom. The SMILES string of the molecule is CC(C)(C)C1CN(C(=O)Cl)CCO1. The molecular formula is C9H16ClNO2. The van der Waals surface area contributed by atoms with Crippen LogP contribution in [0.4, 0.5) is 4.79 Å². The summed E-state index contributed by atoms with van der Waals surface area (Å²) in [6, 6.07) is 0. The largest absolute Gasteiger partial charge is 0.374 e. The van der Waals surface area contributed by atoms with Crippen molar-refractivity contribution in [3.8, 4) is 0 Å². The minimum atomic E-state index is -0.377. The minimum absolute atomic E-state index is 0.0605. The molecule has 1 saturated heterocycles. The summed E-state index contributed by atoms with van der Waals surface area (Å²) < 4.78 is 5.57. The van der Waals surface area contributed by atoms with Crippen molar-refractivity contribution in [2.75, 3.05) is 19.7 Å². The van der Waals surface area contributed by atoms with E-state index in [1.165, 1.54) is 0 Å². The van der Waals surface area contributed by atoms with Crippen molar-refractivity contribution in [1.82, 2.24) is 4.90 Å². The molecule has 1 aliphatic heterocycles. The maximum atomic E-state index is 10.9. The Kier molecular flexibility index (Phi) is 3.19. The molecule has 76 valence electrons. The standard InChI is InChI=1S/C9H16ClNO2/c1-9(2,3)7-6-11(8(10)12)4-5-13-7/h7H,4-6H2,1-3H3. The molecule has 0 spiro atoms. The fourth-order valence-corrected chi connectivity index (χ4v) is 1.49. The number of rotatable bonds is 0. The quantitative estimate of drug-likeness (QED) is 0.448. The lowest BCUT2D eigenvalue weighted by Gasteiger charge is -2.38. The Morgan fingerprint density at radius 2 is 2.15 bits per heavy atom. The summed E-state index contributed by atoms with van der Waals surface area (Å²) in [6.45, 7) is 8.08. The number of hydrogen-bond donors (Lipinski definition) is 0. The van der Waals surface area contributed by atoms with Gasteiger partial charge >= 0.3 is 5.37 Å². The van der Waals surface area contributed by atoms with Crippen LogP contribution < -0.4 is 0 Å². The van der Waals surface area contributed by atoms with Gasteiger partial charge in [-0.05, 0) is 17.0 Å². The molecule has 1 amide bonds. The molecule has 13 heavy (non-hydrogen) atoms. The summed E-state index contributed by atoms with van der Waals surface area (Å²) in [7, 11) is 0. The zero-order valence-electron chi connectivity index (χ0n) is 8.34. The van der Waals surface area contributed by atoms with Gasteiger partial charge in [0.2, 0.25) is 0 Å². The van der Waals surface area contributed by atoms with Gasteiger partial charge in [-0.1, -0.05) is 20.8 Å². The van der Waals surface area contributed by atoms with Crippen LogP contribution in [0, 0.1) is 5.41 Å². The zero-order valence-corrected chi connectivity index (χ0v) is 9.10. The molecule has 0 saturated carbocycles. The van der Waals surface area contributed by atoms with Gasteiger partial charge in [-0.2, -0.15) is 0 Å². The summed E-state index contributed by atoms with van der Waals surface area (Å²) >= 11 is 5.40. The van der Waals surface area contributed by atoms with E-state index in [1.54, 1.807) is 4.90 Å². The van der Waals surface area contributed by atoms with E-state index in [-0.39, 0.29) is 16.9 Å². The first-order chi connectivity index (χ1) is 5.91. The lowest BCUT2D eigenvalue weighted by Crippen LogP contribution is -2.48. The fraction of sp³-hybridized carbons (Fsp3) is 0.889. The van der Waals surface area contributed by atoms with E-state index in [0.29, 0.717) is 19.7 Å². The van der Waals surface area contributed by atoms with Gasteiger partial charge in [0.25, 0.3) is 0 Å². The topological polar surface area (TPSA) is 29.5 Å². The van der Waals surface area contributed by atoms with Crippen molar-refractivity contribution in [2.24, 2.45) is 5.41 Å². The van der Waals surface area contributed by atoms with Crippen molar-refractivity contribution in [2.45, 2.75) is 26.9 Å². The van der Waals surface area contributed by atoms with Crippen LogP contribution in [0.25, 0.3) is 0 Å². The van der Waals surface area contributed by atoms with E-state index in [4.69, 9.17) is 16.3 Å². The summed E-state index contributed by atoms with van der Waals surface area (Å²) in [4.78, 5) is 12.5. The Labute approximate surface area is 84.0 Å². The number of carbonyl (C=O) groups is 1. The van der Waals surface area contributed by atoms with Gasteiger partial charge in [0, 0.05) is 13.1 Å².